The summed E-state index contributed by atoms with van der Waals surface area (Å²) < 4.78 is 27.5. The van der Waals surface area contributed by atoms with Crippen LogP contribution in [0.5, 0.6) is 0 Å². The van der Waals surface area contributed by atoms with Gasteiger partial charge in [-0.3, -0.25) is 9.48 Å². The van der Waals surface area contributed by atoms with Gasteiger partial charge in [0.25, 0.3) is 0 Å². The third-order valence-electron chi connectivity index (χ3n) is 2.34. The average Bonchev–Trinajstić information content (AvgIpc) is 2.96. The summed E-state index contributed by atoms with van der Waals surface area (Å²) in [5.74, 6) is -1.25. The smallest absolute Gasteiger partial charge is 0.327 e. The number of aromatic nitrogens is 2. The van der Waals surface area contributed by atoms with Crippen molar-refractivity contribution in [3.8, 4) is 0 Å². The summed E-state index contributed by atoms with van der Waals surface area (Å²) in [4.78, 5) is 11.5. The number of aryl methyl sites for hydroxylation is 1. The average molecular weight is 301 g/mol. The highest BCUT2D eigenvalue weighted by Crippen LogP contribution is 2.21. The number of rotatable bonds is 5. The van der Waals surface area contributed by atoms with E-state index in [4.69, 9.17) is 5.11 Å². The number of hydrogen-bond donors (Lipinski definition) is 2. The predicted molar refractivity (Wildman–Crippen MR) is 68.2 cm³/mol. The lowest BCUT2D eigenvalue weighted by atomic mass is 10.3. The van der Waals surface area contributed by atoms with E-state index in [0.717, 1.165) is 6.20 Å². The third-order valence-corrected chi connectivity index (χ3v) is 4.65. The number of nitrogens with zero attached hydrogens (tertiary/aromatic N) is 2. The first kappa shape index (κ1) is 13.7. The fourth-order valence-electron chi connectivity index (χ4n) is 1.45. The van der Waals surface area contributed by atoms with Crippen molar-refractivity contribution >= 4 is 27.3 Å². The molecule has 2 aromatic rings. The number of sulfonamides is 1. The van der Waals surface area contributed by atoms with Crippen molar-refractivity contribution < 1.29 is 18.3 Å². The zero-order valence-electron chi connectivity index (χ0n) is 9.85. The summed E-state index contributed by atoms with van der Waals surface area (Å²) in [6.45, 7) is 0. The van der Waals surface area contributed by atoms with E-state index in [9.17, 15) is 13.2 Å². The van der Waals surface area contributed by atoms with Gasteiger partial charge < -0.3 is 5.11 Å². The van der Waals surface area contributed by atoms with E-state index in [0.29, 0.717) is 4.88 Å². The Kier molecular flexibility index (Phi) is 3.69. The van der Waals surface area contributed by atoms with Gasteiger partial charge in [0.15, 0.2) is 6.04 Å². The summed E-state index contributed by atoms with van der Waals surface area (Å²) >= 11 is 1.17. The highest BCUT2D eigenvalue weighted by molar-refractivity contribution is 7.89. The molecule has 0 saturated heterocycles. The van der Waals surface area contributed by atoms with Crippen molar-refractivity contribution in [1.82, 2.24) is 14.5 Å². The van der Waals surface area contributed by atoms with Crippen molar-refractivity contribution in [3.63, 3.8) is 0 Å². The largest absolute Gasteiger partial charge is 0.480 e. The quantitative estimate of drug-likeness (QED) is 0.841. The van der Waals surface area contributed by atoms with Crippen molar-refractivity contribution in [1.29, 1.82) is 0 Å². The van der Waals surface area contributed by atoms with Crippen molar-refractivity contribution in [3.05, 3.63) is 34.8 Å². The van der Waals surface area contributed by atoms with Gasteiger partial charge in [0.2, 0.25) is 10.0 Å². The molecular formula is C10H11N3O4S2. The minimum atomic E-state index is -3.92. The summed E-state index contributed by atoms with van der Waals surface area (Å²) in [6.07, 6.45) is 2.46. The van der Waals surface area contributed by atoms with Crippen molar-refractivity contribution in [2.45, 2.75) is 10.9 Å². The molecule has 2 heterocycles. The van der Waals surface area contributed by atoms with Crippen molar-refractivity contribution in [2.24, 2.45) is 7.05 Å². The van der Waals surface area contributed by atoms with Crippen LogP contribution in [0.1, 0.15) is 10.9 Å². The van der Waals surface area contributed by atoms with Gasteiger partial charge in [-0.25, -0.2) is 8.42 Å². The molecule has 9 heteroatoms. The second-order valence-corrected chi connectivity index (χ2v) is 6.45. The molecule has 19 heavy (non-hydrogen) atoms. The molecule has 0 aliphatic carbocycles. The Balaban J connectivity index is 2.30. The number of hydrogen-bond acceptors (Lipinski definition) is 5. The van der Waals surface area contributed by atoms with E-state index >= 15 is 0 Å². The minimum absolute atomic E-state index is 0.0715. The molecule has 0 amide bonds. The molecule has 0 fully saturated rings. The fourth-order valence-corrected chi connectivity index (χ4v) is 3.44. The Morgan fingerprint density at radius 3 is 2.79 bits per heavy atom. The number of aliphatic carboxylic acids is 1. The number of carboxylic acid groups (broad SMARTS) is 1. The molecule has 0 bridgehead atoms. The van der Waals surface area contributed by atoms with Gasteiger partial charge >= 0.3 is 5.97 Å². The Hall–Kier alpha value is -1.71. The second-order valence-electron chi connectivity index (χ2n) is 3.76. The van der Waals surface area contributed by atoms with Gasteiger partial charge in [0.1, 0.15) is 4.90 Å². The molecular weight excluding hydrogens is 290 g/mol. The van der Waals surface area contributed by atoms with Crippen LogP contribution in [0, 0.1) is 0 Å². The van der Waals surface area contributed by atoms with Gasteiger partial charge in [0, 0.05) is 18.1 Å². The molecule has 102 valence electrons. The molecule has 2 aromatic heterocycles. The first-order valence-electron chi connectivity index (χ1n) is 5.17. The molecule has 0 aliphatic rings. The summed E-state index contributed by atoms with van der Waals surface area (Å²) in [5, 5.41) is 14.6. The van der Waals surface area contributed by atoms with E-state index < -0.39 is 22.0 Å². The van der Waals surface area contributed by atoms with Gasteiger partial charge in [-0.2, -0.15) is 9.82 Å². The fraction of sp³-hybridized carbons (Fsp3) is 0.200. The van der Waals surface area contributed by atoms with Gasteiger partial charge in [-0.15, -0.1) is 11.3 Å². The highest BCUT2D eigenvalue weighted by atomic mass is 32.2. The Bertz CT molecular complexity index is 675. The summed E-state index contributed by atoms with van der Waals surface area (Å²) in [5.41, 5.74) is 0. The van der Waals surface area contributed by atoms with Crippen LogP contribution < -0.4 is 4.72 Å². The number of carboxylic acids is 1. The first-order valence-corrected chi connectivity index (χ1v) is 7.53. The van der Waals surface area contributed by atoms with Crippen molar-refractivity contribution in [2.75, 3.05) is 0 Å². The molecule has 0 aliphatic heterocycles. The Labute approximate surface area is 113 Å². The monoisotopic (exact) mass is 301 g/mol. The summed E-state index contributed by atoms with van der Waals surface area (Å²) in [6, 6.07) is 1.92. The standard InChI is InChI=1S/C10H11N3O4S2/c1-13-6-7(5-11-13)19(16,17)12-9(10(14)15)8-3-2-4-18-8/h2-6,9,12H,1H3,(H,14,15). The van der Waals surface area contributed by atoms with Crippen LogP contribution in [-0.4, -0.2) is 29.3 Å². The molecule has 0 radical (unpaired) electrons. The SMILES string of the molecule is Cn1cc(S(=O)(=O)NC(C(=O)O)c2cccs2)cn1. The van der Waals surface area contributed by atoms with Gasteiger partial charge in [-0.05, 0) is 11.4 Å². The van der Waals surface area contributed by atoms with Crippen LogP contribution in [0.25, 0.3) is 0 Å². The lowest BCUT2D eigenvalue weighted by Crippen LogP contribution is -2.33. The van der Waals surface area contributed by atoms with Crippen LogP contribution in [0.4, 0.5) is 0 Å². The zero-order chi connectivity index (χ0) is 14.0. The predicted octanol–water partition coefficient (Wildman–Crippen LogP) is 0.586. The molecule has 2 N–H and O–H groups in total. The van der Waals surface area contributed by atoms with Crippen LogP contribution in [0.3, 0.4) is 0 Å². The lowest BCUT2D eigenvalue weighted by Gasteiger charge is -2.12. The third kappa shape index (κ3) is 3.00. The van der Waals surface area contributed by atoms with Crippen LogP contribution >= 0.6 is 11.3 Å². The maximum absolute atomic E-state index is 12.0. The van der Waals surface area contributed by atoms with Crippen LogP contribution in [0.2, 0.25) is 0 Å². The van der Waals surface area contributed by atoms with E-state index in [1.54, 1.807) is 24.6 Å². The number of carbonyl (C=O) groups is 1. The molecule has 0 spiro atoms. The van der Waals surface area contributed by atoms with E-state index in [1.165, 1.54) is 22.2 Å². The Morgan fingerprint density at radius 2 is 2.32 bits per heavy atom. The van der Waals surface area contributed by atoms with E-state index in [-0.39, 0.29) is 4.90 Å². The number of nitrogens with one attached hydrogen (secondary N) is 1. The molecule has 2 rings (SSSR count). The highest BCUT2D eigenvalue weighted by Gasteiger charge is 2.28. The van der Waals surface area contributed by atoms with E-state index in [2.05, 4.69) is 9.82 Å². The summed E-state index contributed by atoms with van der Waals surface area (Å²) in [7, 11) is -2.34. The van der Waals surface area contributed by atoms with Gasteiger partial charge in [-0.1, -0.05) is 6.07 Å². The molecule has 0 aromatic carbocycles. The maximum Gasteiger partial charge on any atom is 0.327 e. The zero-order valence-corrected chi connectivity index (χ0v) is 11.5. The lowest BCUT2D eigenvalue weighted by molar-refractivity contribution is -0.139. The second kappa shape index (κ2) is 5.11. The molecule has 0 saturated carbocycles. The first-order chi connectivity index (χ1) is 8.90. The minimum Gasteiger partial charge on any atom is -0.480 e. The number of thiophene rings is 1. The van der Waals surface area contributed by atoms with Crippen LogP contribution in [0.15, 0.2) is 34.8 Å². The maximum atomic E-state index is 12.0. The molecule has 7 nitrogen and oxygen atoms in total. The molecule has 1 atom stereocenters. The Morgan fingerprint density at radius 1 is 1.58 bits per heavy atom. The van der Waals surface area contributed by atoms with E-state index in [1.807, 2.05) is 0 Å². The topological polar surface area (TPSA) is 101 Å². The normalized spacial score (nSPS) is 13.3. The molecule has 1 unspecified atom stereocenters. The van der Waals surface area contributed by atoms with Crippen LogP contribution in [-0.2, 0) is 21.9 Å². The van der Waals surface area contributed by atoms with Gasteiger partial charge in [0.05, 0.1) is 6.20 Å².